The third kappa shape index (κ3) is 5.51. The third-order valence-corrected chi connectivity index (χ3v) is 5.73. The number of aromatic nitrogens is 1. The lowest BCUT2D eigenvalue weighted by molar-refractivity contribution is -0.132. The molecule has 0 radical (unpaired) electrons. The molecule has 0 spiro atoms. The lowest BCUT2D eigenvalue weighted by Gasteiger charge is -2.31. The molecular weight excluding hydrogens is 380 g/mol. The first kappa shape index (κ1) is 23.7. The number of amides is 2. The lowest BCUT2D eigenvalue weighted by atomic mass is 9.95. The van der Waals surface area contributed by atoms with Crippen molar-refractivity contribution in [2.75, 3.05) is 33.4 Å². The van der Waals surface area contributed by atoms with Crippen LogP contribution >= 0.6 is 0 Å². The topological polar surface area (TPSA) is 87.4 Å². The van der Waals surface area contributed by atoms with E-state index in [2.05, 4.69) is 22.9 Å². The SMILES string of the molecule is CCCNC(=O)C1CCN(C(=O)/C(C#N)=C/c2cc(C)n(C(C)COC)c2C)CC1. The summed E-state index contributed by atoms with van der Waals surface area (Å²) in [5.74, 6) is -0.256. The number of likely N-dealkylation sites (tertiary alicyclic amines) is 1. The molecule has 1 aliphatic rings. The molecule has 0 aliphatic carbocycles. The molecule has 1 N–H and O–H groups in total. The Morgan fingerprint density at radius 3 is 2.60 bits per heavy atom. The van der Waals surface area contributed by atoms with Gasteiger partial charge < -0.3 is 19.5 Å². The summed E-state index contributed by atoms with van der Waals surface area (Å²) in [7, 11) is 1.68. The van der Waals surface area contributed by atoms with Crippen molar-refractivity contribution in [3.63, 3.8) is 0 Å². The van der Waals surface area contributed by atoms with Crippen LogP contribution in [0.15, 0.2) is 11.6 Å². The van der Waals surface area contributed by atoms with Gasteiger partial charge in [-0.2, -0.15) is 5.26 Å². The molecule has 1 saturated heterocycles. The van der Waals surface area contributed by atoms with Crippen LogP contribution in [-0.4, -0.2) is 54.6 Å². The first-order valence-corrected chi connectivity index (χ1v) is 10.7. The monoisotopic (exact) mass is 414 g/mol. The number of nitrogens with one attached hydrogen (secondary N) is 1. The number of carbonyl (C=O) groups is 2. The maximum absolute atomic E-state index is 12.9. The Balaban J connectivity index is 2.11. The Morgan fingerprint density at radius 2 is 2.03 bits per heavy atom. The number of nitriles is 1. The molecule has 1 aliphatic heterocycles. The fourth-order valence-electron chi connectivity index (χ4n) is 4.15. The van der Waals surface area contributed by atoms with Gasteiger partial charge in [-0.15, -0.1) is 0 Å². The minimum atomic E-state index is -0.264. The van der Waals surface area contributed by atoms with Crippen molar-refractivity contribution in [3.05, 3.63) is 28.6 Å². The summed E-state index contributed by atoms with van der Waals surface area (Å²) in [5.41, 5.74) is 3.06. The van der Waals surface area contributed by atoms with E-state index in [1.54, 1.807) is 18.1 Å². The molecule has 1 unspecified atom stereocenters. The molecule has 164 valence electrons. The van der Waals surface area contributed by atoms with Gasteiger partial charge in [0.1, 0.15) is 11.6 Å². The highest BCUT2D eigenvalue weighted by atomic mass is 16.5. The molecule has 2 rings (SSSR count). The summed E-state index contributed by atoms with van der Waals surface area (Å²) < 4.78 is 7.43. The standard InChI is InChI=1S/C23H34N4O3/c1-6-9-25-22(28)19-7-10-26(11-8-19)23(29)21(14-24)13-20-12-16(2)27(18(20)4)17(3)15-30-5/h12-13,17,19H,6-11,15H2,1-5H3,(H,25,28)/b21-13+. The van der Waals surface area contributed by atoms with Gasteiger partial charge in [0.15, 0.2) is 0 Å². The summed E-state index contributed by atoms with van der Waals surface area (Å²) in [6.45, 7) is 10.4. The van der Waals surface area contributed by atoms with Gasteiger partial charge in [-0.25, -0.2) is 0 Å². The Morgan fingerprint density at radius 1 is 1.37 bits per heavy atom. The fraction of sp³-hybridized carbons (Fsp3) is 0.609. The van der Waals surface area contributed by atoms with Crippen LogP contribution < -0.4 is 5.32 Å². The van der Waals surface area contributed by atoms with Gasteiger partial charge in [0.05, 0.1) is 12.6 Å². The van der Waals surface area contributed by atoms with E-state index in [-0.39, 0.29) is 29.3 Å². The minimum absolute atomic E-state index is 0.0590. The van der Waals surface area contributed by atoms with Crippen LogP contribution in [-0.2, 0) is 14.3 Å². The van der Waals surface area contributed by atoms with E-state index in [4.69, 9.17) is 4.74 Å². The molecule has 7 heteroatoms. The number of hydrogen-bond acceptors (Lipinski definition) is 4. The largest absolute Gasteiger partial charge is 0.383 e. The van der Waals surface area contributed by atoms with Crippen LogP contribution in [0.5, 0.6) is 0 Å². The van der Waals surface area contributed by atoms with Gasteiger partial charge >= 0.3 is 0 Å². The van der Waals surface area contributed by atoms with E-state index in [0.29, 0.717) is 39.1 Å². The van der Waals surface area contributed by atoms with E-state index in [9.17, 15) is 14.9 Å². The molecule has 30 heavy (non-hydrogen) atoms. The maximum atomic E-state index is 12.9. The van der Waals surface area contributed by atoms with Crippen molar-refractivity contribution in [3.8, 4) is 6.07 Å². The number of carbonyl (C=O) groups excluding carboxylic acids is 2. The van der Waals surface area contributed by atoms with Crippen LogP contribution in [0.25, 0.3) is 6.08 Å². The van der Waals surface area contributed by atoms with Crippen LogP contribution in [0, 0.1) is 31.1 Å². The van der Waals surface area contributed by atoms with Crippen molar-refractivity contribution in [1.82, 2.24) is 14.8 Å². The molecule has 2 heterocycles. The van der Waals surface area contributed by atoms with Crippen molar-refractivity contribution >= 4 is 17.9 Å². The summed E-state index contributed by atoms with van der Waals surface area (Å²) in [4.78, 5) is 26.8. The molecular formula is C23H34N4O3. The normalized spacial score (nSPS) is 16.3. The second kappa shape index (κ2) is 11.0. The highest BCUT2D eigenvalue weighted by molar-refractivity contribution is 6.02. The number of rotatable bonds is 8. The Hall–Kier alpha value is -2.59. The van der Waals surface area contributed by atoms with Gasteiger partial charge in [-0.1, -0.05) is 6.92 Å². The number of ether oxygens (including phenoxy) is 1. The van der Waals surface area contributed by atoms with Gasteiger partial charge in [0.2, 0.25) is 5.91 Å². The molecule has 1 atom stereocenters. The first-order valence-electron chi connectivity index (χ1n) is 10.7. The zero-order chi connectivity index (χ0) is 22.3. The Kier molecular flexibility index (Phi) is 8.67. The van der Waals surface area contributed by atoms with Gasteiger partial charge in [-0.3, -0.25) is 9.59 Å². The molecule has 1 fully saturated rings. The van der Waals surface area contributed by atoms with Crippen LogP contribution in [0.1, 0.15) is 56.1 Å². The zero-order valence-corrected chi connectivity index (χ0v) is 18.8. The summed E-state index contributed by atoms with van der Waals surface area (Å²) in [6.07, 6.45) is 3.84. The minimum Gasteiger partial charge on any atom is -0.383 e. The van der Waals surface area contributed by atoms with Crippen molar-refractivity contribution in [2.24, 2.45) is 5.92 Å². The molecule has 1 aromatic heterocycles. The molecule has 2 amide bonds. The number of aryl methyl sites for hydroxylation is 1. The zero-order valence-electron chi connectivity index (χ0n) is 18.8. The second-order valence-corrected chi connectivity index (χ2v) is 8.03. The average molecular weight is 415 g/mol. The summed E-state index contributed by atoms with van der Waals surface area (Å²) in [5, 5.41) is 12.6. The first-order chi connectivity index (χ1) is 14.3. The predicted octanol–water partition coefficient (Wildman–Crippen LogP) is 2.98. The average Bonchev–Trinajstić information content (AvgIpc) is 3.02. The summed E-state index contributed by atoms with van der Waals surface area (Å²) in [6, 6.07) is 4.24. The predicted molar refractivity (Wildman–Crippen MR) is 117 cm³/mol. The van der Waals surface area contributed by atoms with Crippen molar-refractivity contribution < 1.29 is 14.3 Å². The number of hydrogen-bond donors (Lipinski definition) is 1. The lowest BCUT2D eigenvalue weighted by Crippen LogP contribution is -2.43. The van der Waals surface area contributed by atoms with E-state index in [0.717, 1.165) is 23.4 Å². The van der Waals surface area contributed by atoms with Gasteiger partial charge in [0, 0.05) is 44.0 Å². The highest BCUT2D eigenvalue weighted by Gasteiger charge is 2.28. The fourth-order valence-corrected chi connectivity index (χ4v) is 4.15. The van der Waals surface area contributed by atoms with Crippen LogP contribution in [0.2, 0.25) is 0 Å². The Labute approximate surface area is 179 Å². The van der Waals surface area contributed by atoms with Gasteiger partial charge in [0.25, 0.3) is 5.91 Å². The number of methoxy groups -OCH3 is 1. The maximum Gasteiger partial charge on any atom is 0.264 e. The number of piperidine rings is 1. The number of nitrogens with zero attached hydrogens (tertiary/aromatic N) is 3. The van der Waals surface area contributed by atoms with E-state index in [1.165, 1.54) is 0 Å². The van der Waals surface area contributed by atoms with Crippen molar-refractivity contribution in [1.29, 1.82) is 5.26 Å². The van der Waals surface area contributed by atoms with Crippen LogP contribution in [0.3, 0.4) is 0 Å². The van der Waals surface area contributed by atoms with E-state index >= 15 is 0 Å². The highest BCUT2D eigenvalue weighted by Crippen LogP contribution is 2.24. The van der Waals surface area contributed by atoms with E-state index < -0.39 is 0 Å². The van der Waals surface area contributed by atoms with Crippen molar-refractivity contribution in [2.45, 2.75) is 53.0 Å². The van der Waals surface area contributed by atoms with Crippen LogP contribution in [0.4, 0.5) is 0 Å². The Bertz CT molecular complexity index is 826. The molecule has 7 nitrogen and oxygen atoms in total. The third-order valence-electron chi connectivity index (χ3n) is 5.73. The second-order valence-electron chi connectivity index (χ2n) is 8.03. The summed E-state index contributed by atoms with van der Waals surface area (Å²) >= 11 is 0. The molecule has 0 saturated carbocycles. The van der Waals surface area contributed by atoms with Gasteiger partial charge in [-0.05, 0) is 57.7 Å². The smallest absolute Gasteiger partial charge is 0.264 e. The molecule has 0 aromatic carbocycles. The van der Waals surface area contributed by atoms with E-state index in [1.807, 2.05) is 26.8 Å². The quantitative estimate of drug-likeness (QED) is 0.523. The molecule has 1 aromatic rings. The molecule has 0 bridgehead atoms.